The van der Waals surface area contributed by atoms with Crippen LogP contribution in [0, 0.1) is 23.3 Å². The Labute approximate surface area is 83.4 Å². The monoisotopic (exact) mass is 242 g/mol. The van der Waals surface area contributed by atoms with E-state index in [2.05, 4.69) is 4.74 Å². The SMILES string of the molecule is O=C1OC(F)(F)c2c(F)c(F)c(F)c(F)c21. The molecule has 0 aromatic heterocycles. The number of hydrogen-bond donors (Lipinski definition) is 0. The molecule has 1 aliphatic heterocycles. The van der Waals surface area contributed by atoms with E-state index in [0.29, 0.717) is 0 Å². The predicted molar refractivity (Wildman–Crippen MR) is 35.6 cm³/mol. The summed E-state index contributed by atoms with van der Waals surface area (Å²) in [4.78, 5) is 10.7. The third kappa shape index (κ3) is 1.12. The minimum atomic E-state index is -4.51. The Morgan fingerprint density at radius 1 is 0.875 bits per heavy atom. The van der Waals surface area contributed by atoms with Gasteiger partial charge in [0.1, 0.15) is 11.1 Å². The molecular weight excluding hydrogens is 242 g/mol. The second kappa shape index (κ2) is 2.89. The Hall–Kier alpha value is -1.73. The van der Waals surface area contributed by atoms with Gasteiger partial charge in [-0.05, 0) is 0 Å². The highest BCUT2D eigenvalue weighted by Gasteiger charge is 2.53. The Bertz CT molecular complexity index is 510. The van der Waals surface area contributed by atoms with Crippen molar-refractivity contribution in [3.8, 4) is 0 Å². The van der Waals surface area contributed by atoms with Crippen molar-refractivity contribution >= 4 is 5.97 Å². The lowest BCUT2D eigenvalue weighted by Gasteiger charge is -2.08. The summed E-state index contributed by atoms with van der Waals surface area (Å²) in [6, 6.07) is 0. The first-order valence-electron chi connectivity index (χ1n) is 3.75. The second-order valence-corrected chi connectivity index (χ2v) is 2.91. The molecule has 0 N–H and O–H groups in total. The topological polar surface area (TPSA) is 26.3 Å². The van der Waals surface area contributed by atoms with Gasteiger partial charge < -0.3 is 4.74 Å². The zero-order valence-electron chi connectivity index (χ0n) is 7.08. The maximum absolute atomic E-state index is 12.9. The number of alkyl halides is 2. The fourth-order valence-electron chi connectivity index (χ4n) is 1.32. The van der Waals surface area contributed by atoms with Gasteiger partial charge in [-0.1, -0.05) is 0 Å². The third-order valence-electron chi connectivity index (χ3n) is 1.98. The van der Waals surface area contributed by atoms with E-state index in [4.69, 9.17) is 0 Å². The molecular formula is C8F6O2. The van der Waals surface area contributed by atoms with Gasteiger partial charge in [0.2, 0.25) is 0 Å². The maximum atomic E-state index is 12.9. The summed E-state index contributed by atoms with van der Waals surface area (Å²) in [5.74, 6) is -11.3. The van der Waals surface area contributed by atoms with E-state index >= 15 is 0 Å². The van der Waals surface area contributed by atoms with Crippen LogP contribution in [0.1, 0.15) is 15.9 Å². The highest BCUT2D eigenvalue weighted by molar-refractivity contribution is 5.94. The van der Waals surface area contributed by atoms with E-state index in [9.17, 15) is 31.1 Å². The minimum absolute atomic E-state index is 1.62. The second-order valence-electron chi connectivity index (χ2n) is 2.91. The fraction of sp³-hybridized carbons (Fsp3) is 0.125. The van der Waals surface area contributed by atoms with Crippen molar-refractivity contribution in [2.24, 2.45) is 0 Å². The molecule has 0 saturated heterocycles. The Morgan fingerprint density at radius 3 is 1.94 bits per heavy atom. The molecule has 0 fully saturated rings. The smallest absolute Gasteiger partial charge is 0.393 e. The van der Waals surface area contributed by atoms with Crippen LogP contribution in [0.15, 0.2) is 0 Å². The van der Waals surface area contributed by atoms with E-state index in [1.807, 2.05) is 0 Å². The van der Waals surface area contributed by atoms with Crippen LogP contribution in [-0.2, 0) is 10.8 Å². The largest absolute Gasteiger partial charge is 0.432 e. The van der Waals surface area contributed by atoms with Crippen molar-refractivity contribution < 1.29 is 35.9 Å². The molecule has 2 nitrogen and oxygen atoms in total. The summed E-state index contributed by atoms with van der Waals surface area (Å²) in [5, 5.41) is 0. The van der Waals surface area contributed by atoms with Crippen LogP contribution in [-0.4, -0.2) is 5.97 Å². The highest BCUT2D eigenvalue weighted by Crippen LogP contribution is 2.43. The standard InChI is InChI=1S/C8F6O2/c9-3-1-2(4(10)6(12)5(3)11)8(13,14)16-7(1)15. The number of ether oxygens (including phenoxy) is 1. The molecule has 0 atom stereocenters. The summed E-state index contributed by atoms with van der Waals surface area (Å²) >= 11 is 0. The summed E-state index contributed by atoms with van der Waals surface area (Å²) in [6.45, 7) is 0. The molecule has 16 heavy (non-hydrogen) atoms. The normalized spacial score (nSPS) is 17.2. The first-order valence-corrected chi connectivity index (χ1v) is 3.75. The Balaban J connectivity index is 2.91. The average Bonchev–Trinajstić information content (AvgIpc) is 2.42. The number of esters is 1. The van der Waals surface area contributed by atoms with E-state index in [1.165, 1.54) is 0 Å². The zero-order chi connectivity index (χ0) is 12.2. The first-order chi connectivity index (χ1) is 7.27. The van der Waals surface area contributed by atoms with Gasteiger partial charge in [0.25, 0.3) is 0 Å². The summed E-state index contributed by atoms with van der Waals surface area (Å²) in [7, 11) is 0. The molecule has 0 amide bonds. The predicted octanol–water partition coefficient (Wildman–Crippen LogP) is 2.46. The molecule has 1 aromatic rings. The number of hydrogen-bond acceptors (Lipinski definition) is 2. The van der Waals surface area contributed by atoms with Gasteiger partial charge >= 0.3 is 12.1 Å². The van der Waals surface area contributed by atoms with Gasteiger partial charge in [-0.25, -0.2) is 22.4 Å². The van der Waals surface area contributed by atoms with Gasteiger partial charge in [0.05, 0.1) is 0 Å². The van der Waals surface area contributed by atoms with E-state index in [1.54, 1.807) is 0 Å². The van der Waals surface area contributed by atoms with Crippen LogP contribution in [0.5, 0.6) is 0 Å². The molecule has 1 heterocycles. The number of carbonyl (C=O) groups excluding carboxylic acids is 1. The number of benzene rings is 1. The first kappa shape index (κ1) is 10.8. The van der Waals surface area contributed by atoms with Crippen LogP contribution < -0.4 is 0 Å². The minimum Gasteiger partial charge on any atom is -0.393 e. The van der Waals surface area contributed by atoms with Crippen molar-refractivity contribution in [2.75, 3.05) is 0 Å². The lowest BCUT2D eigenvalue weighted by molar-refractivity contribution is -0.201. The third-order valence-corrected chi connectivity index (χ3v) is 1.98. The summed E-state index contributed by atoms with van der Waals surface area (Å²) in [6.07, 6.45) is -4.51. The van der Waals surface area contributed by atoms with Crippen molar-refractivity contribution in [2.45, 2.75) is 6.11 Å². The molecule has 8 heteroatoms. The van der Waals surface area contributed by atoms with Crippen LogP contribution in [0.4, 0.5) is 26.3 Å². The van der Waals surface area contributed by atoms with Gasteiger partial charge in [-0.3, -0.25) is 0 Å². The van der Waals surface area contributed by atoms with Gasteiger partial charge in [-0.15, -0.1) is 0 Å². The number of fused-ring (bicyclic) bond motifs is 1. The summed E-state index contributed by atoms with van der Waals surface area (Å²) < 4.78 is 80.0. The molecule has 1 aromatic carbocycles. The molecule has 1 aliphatic rings. The molecule has 0 saturated carbocycles. The fourth-order valence-corrected chi connectivity index (χ4v) is 1.32. The Morgan fingerprint density at radius 2 is 1.38 bits per heavy atom. The molecule has 86 valence electrons. The van der Waals surface area contributed by atoms with Gasteiger partial charge in [0.15, 0.2) is 23.3 Å². The molecule has 2 rings (SSSR count). The van der Waals surface area contributed by atoms with Gasteiger partial charge in [0, 0.05) is 0 Å². The van der Waals surface area contributed by atoms with Gasteiger partial charge in [-0.2, -0.15) is 8.78 Å². The number of rotatable bonds is 0. The lowest BCUT2D eigenvalue weighted by Crippen LogP contribution is -2.15. The zero-order valence-corrected chi connectivity index (χ0v) is 7.08. The molecule has 0 bridgehead atoms. The summed E-state index contributed by atoms with van der Waals surface area (Å²) in [5.41, 5.74) is -3.55. The van der Waals surface area contributed by atoms with E-state index in [0.717, 1.165) is 0 Å². The van der Waals surface area contributed by atoms with Crippen molar-refractivity contribution in [1.82, 2.24) is 0 Å². The number of halogens is 6. The van der Waals surface area contributed by atoms with Crippen LogP contribution in [0.25, 0.3) is 0 Å². The number of carbonyl (C=O) groups is 1. The maximum Gasteiger partial charge on any atom is 0.432 e. The average molecular weight is 242 g/mol. The van der Waals surface area contributed by atoms with Crippen molar-refractivity contribution in [3.05, 3.63) is 34.4 Å². The Kier molecular flexibility index (Phi) is 1.95. The van der Waals surface area contributed by atoms with E-state index < -0.39 is 46.5 Å². The van der Waals surface area contributed by atoms with Crippen LogP contribution in [0.3, 0.4) is 0 Å². The van der Waals surface area contributed by atoms with E-state index in [-0.39, 0.29) is 0 Å². The van der Waals surface area contributed by atoms with Crippen molar-refractivity contribution in [1.29, 1.82) is 0 Å². The molecule has 0 radical (unpaired) electrons. The number of cyclic esters (lactones) is 1. The highest BCUT2D eigenvalue weighted by atomic mass is 19.3. The molecule has 0 unspecified atom stereocenters. The van der Waals surface area contributed by atoms with Crippen molar-refractivity contribution in [3.63, 3.8) is 0 Å². The van der Waals surface area contributed by atoms with Crippen LogP contribution >= 0.6 is 0 Å². The van der Waals surface area contributed by atoms with Crippen LogP contribution in [0.2, 0.25) is 0 Å². The molecule has 0 aliphatic carbocycles. The molecule has 0 spiro atoms. The lowest BCUT2D eigenvalue weighted by atomic mass is 10.1. The quantitative estimate of drug-likeness (QED) is 0.302.